The van der Waals surface area contributed by atoms with E-state index >= 15 is 0 Å². The van der Waals surface area contributed by atoms with Crippen molar-refractivity contribution in [2.24, 2.45) is 0 Å². The van der Waals surface area contributed by atoms with E-state index in [1.165, 1.54) is 23.9 Å². The van der Waals surface area contributed by atoms with Gasteiger partial charge in [0.05, 0.1) is 23.8 Å². The van der Waals surface area contributed by atoms with E-state index in [2.05, 4.69) is 35.3 Å². The number of nitrogens with zero attached hydrogens (tertiary/aromatic N) is 4. The largest absolute Gasteiger partial charge is 0.416 e. The van der Waals surface area contributed by atoms with Crippen molar-refractivity contribution < 1.29 is 31.9 Å². The highest BCUT2D eigenvalue weighted by Gasteiger charge is 2.47. The van der Waals surface area contributed by atoms with Crippen LogP contribution in [-0.4, -0.2) is 76.0 Å². The topological polar surface area (TPSA) is 117 Å². The monoisotopic (exact) mass is 599 g/mol. The Morgan fingerprint density at radius 1 is 1.24 bits per heavy atom. The van der Waals surface area contributed by atoms with Crippen molar-refractivity contribution in [3.63, 3.8) is 0 Å². The van der Waals surface area contributed by atoms with E-state index in [1.54, 1.807) is 0 Å². The SMILES string of the molecule is C1CC1.CC(C)n1ncc(F)c1C(=O)NCc1nc2ccc(CN(C)CCNC=O)cc2[nH]1.COC(C)(C)C(F)(F)F. The maximum Gasteiger partial charge on any atom is 0.416 e. The number of carbonyl (C=O) groups is 2. The molecule has 14 heteroatoms. The predicted octanol–water partition coefficient (Wildman–Crippen LogP) is 4.73. The molecule has 2 heterocycles. The van der Waals surface area contributed by atoms with E-state index in [0.717, 1.165) is 56.8 Å². The average molecular weight is 600 g/mol. The third kappa shape index (κ3) is 10.7. The van der Waals surface area contributed by atoms with Crippen molar-refractivity contribution in [2.75, 3.05) is 27.2 Å². The molecule has 234 valence electrons. The first-order chi connectivity index (χ1) is 19.7. The highest BCUT2D eigenvalue weighted by molar-refractivity contribution is 5.92. The van der Waals surface area contributed by atoms with Crippen LogP contribution in [-0.2, 0) is 22.6 Å². The molecule has 0 atom stereocenters. The number of imidazole rings is 1. The van der Waals surface area contributed by atoms with Gasteiger partial charge < -0.3 is 25.3 Å². The number of ether oxygens (including phenoxy) is 1. The second-order valence-corrected chi connectivity index (χ2v) is 10.7. The molecule has 0 radical (unpaired) electrons. The van der Waals surface area contributed by atoms with Crippen LogP contribution in [0.2, 0.25) is 0 Å². The lowest BCUT2D eigenvalue weighted by Crippen LogP contribution is -2.40. The number of aromatic amines is 1. The smallest absolute Gasteiger partial charge is 0.369 e. The minimum Gasteiger partial charge on any atom is -0.369 e. The Balaban J connectivity index is 0.000000428. The number of nitrogens with one attached hydrogen (secondary N) is 3. The fraction of sp³-hybridized carbons (Fsp3) is 0.571. The van der Waals surface area contributed by atoms with Crippen LogP contribution < -0.4 is 10.6 Å². The number of halogens is 4. The Morgan fingerprint density at radius 2 is 1.90 bits per heavy atom. The number of hydrogen-bond donors (Lipinski definition) is 3. The van der Waals surface area contributed by atoms with Crippen LogP contribution in [0.15, 0.2) is 24.4 Å². The fourth-order valence-corrected chi connectivity index (χ4v) is 3.31. The quantitative estimate of drug-likeness (QED) is 0.167. The lowest BCUT2D eigenvalue weighted by molar-refractivity contribution is -0.255. The van der Waals surface area contributed by atoms with Crippen molar-refractivity contribution in [1.82, 2.24) is 35.3 Å². The molecule has 1 aromatic carbocycles. The Bertz CT molecular complexity index is 1280. The molecule has 2 amide bonds. The molecule has 1 aliphatic rings. The third-order valence-corrected chi connectivity index (χ3v) is 6.19. The second-order valence-electron chi connectivity index (χ2n) is 10.7. The van der Waals surface area contributed by atoms with Crippen molar-refractivity contribution in [3.8, 4) is 0 Å². The number of carbonyl (C=O) groups excluding carboxylic acids is 2. The molecular formula is C28H41F4N7O3. The van der Waals surface area contributed by atoms with Gasteiger partial charge in [0.25, 0.3) is 5.91 Å². The molecular weight excluding hydrogens is 558 g/mol. The lowest BCUT2D eigenvalue weighted by Gasteiger charge is -2.25. The van der Waals surface area contributed by atoms with E-state index in [-0.39, 0.29) is 18.3 Å². The van der Waals surface area contributed by atoms with E-state index in [4.69, 9.17) is 0 Å². The molecule has 4 rings (SSSR count). The number of aromatic nitrogens is 4. The first-order valence-corrected chi connectivity index (χ1v) is 13.7. The summed E-state index contributed by atoms with van der Waals surface area (Å²) in [5, 5.41) is 9.25. The highest BCUT2D eigenvalue weighted by Crippen LogP contribution is 2.31. The summed E-state index contributed by atoms with van der Waals surface area (Å²) in [4.78, 5) is 32.5. The molecule has 0 aliphatic heterocycles. The first-order valence-electron chi connectivity index (χ1n) is 13.7. The Hall–Kier alpha value is -3.52. The normalized spacial score (nSPS) is 12.9. The number of likely N-dealkylation sites (N-methyl/N-ethyl adjacent to an activating group) is 1. The predicted molar refractivity (Wildman–Crippen MR) is 151 cm³/mol. The van der Waals surface area contributed by atoms with Crippen LogP contribution >= 0.6 is 0 Å². The summed E-state index contributed by atoms with van der Waals surface area (Å²) in [6.07, 6.45) is 1.96. The molecule has 0 unspecified atom stereocenters. The second kappa shape index (κ2) is 15.6. The summed E-state index contributed by atoms with van der Waals surface area (Å²) in [6, 6.07) is 5.78. The molecule has 0 saturated heterocycles. The van der Waals surface area contributed by atoms with E-state index in [1.807, 2.05) is 39.1 Å². The minimum absolute atomic E-state index is 0.0875. The highest BCUT2D eigenvalue weighted by atomic mass is 19.4. The zero-order valence-corrected chi connectivity index (χ0v) is 24.9. The lowest BCUT2D eigenvalue weighted by atomic mass is 10.1. The molecule has 42 heavy (non-hydrogen) atoms. The molecule has 3 N–H and O–H groups in total. The van der Waals surface area contributed by atoms with Gasteiger partial charge in [-0.3, -0.25) is 14.3 Å². The van der Waals surface area contributed by atoms with Crippen molar-refractivity contribution in [2.45, 2.75) is 77.9 Å². The van der Waals surface area contributed by atoms with Crippen molar-refractivity contribution in [1.29, 1.82) is 0 Å². The zero-order chi connectivity index (χ0) is 31.5. The Labute approximate surface area is 243 Å². The fourth-order valence-electron chi connectivity index (χ4n) is 3.31. The number of fused-ring (bicyclic) bond motifs is 1. The van der Waals surface area contributed by atoms with Gasteiger partial charge in [-0.2, -0.15) is 18.3 Å². The molecule has 1 fully saturated rings. The molecule has 3 aromatic rings. The molecule has 1 saturated carbocycles. The number of rotatable bonds is 11. The summed E-state index contributed by atoms with van der Waals surface area (Å²) >= 11 is 0. The van der Waals surface area contributed by atoms with Crippen molar-refractivity contribution in [3.05, 3.63) is 47.3 Å². The van der Waals surface area contributed by atoms with Gasteiger partial charge in [0.1, 0.15) is 5.82 Å². The summed E-state index contributed by atoms with van der Waals surface area (Å²) < 4.78 is 54.6. The number of alkyl halides is 3. The third-order valence-electron chi connectivity index (χ3n) is 6.19. The maximum atomic E-state index is 14.0. The number of benzene rings is 1. The van der Waals surface area contributed by atoms with Crippen LogP contribution in [0.25, 0.3) is 11.0 Å². The van der Waals surface area contributed by atoms with Gasteiger partial charge in [-0.25, -0.2) is 9.37 Å². The number of H-pyrrole nitrogens is 1. The van der Waals surface area contributed by atoms with Crippen LogP contribution in [0.3, 0.4) is 0 Å². The van der Waals surface area contributed by atoms with E-state index in [0.29, 0.717) is 18.8 Å². The summed E-state index contributed by atoms with van der Waals surface area (Å²) in [5.41, 5.74) is 0.627. The van der Waals surface area contributed by atoms with Crippen molar-refractivity contribution >= 4 is 23.4 Å². The van der Waals surface area contributed by atoms with Gasteiger partial charge in [0, 0.05) is 32.8 Å². The molecule has 0 bridgehead atoms. The van der Waals surface area contributed by atoms with Gasteiger partial charge in [0.2, 0.25) is 6.41 Å². The number of methoxy groups -OCH3 is 1. The van der Waals surface area contributed by atoms with Crippen LogP contribution in [0, 0.1) is 5.82 Å². The molecule has 10 nitrogen and oxygen atoms in total. The summed E-state index contributed by atoms with van der Waals surface area (Å²) in [7, 11) is 3.01. The van der Waals surface area contributed by atoms with Gasteiger partial charge in [-0.15, -0.1) is 0 Å². The Morgan fingerprint density at radius 3 is 2.43 bits per heavy atom. The maximum absolute atomic E-state index is 14.0. The van der Waals surface area contributed by atoms with Gasteiger partial charge >= 0.3 is 6.18 Å². The van der Waals surface area contributed by atoms with Crippen LogP contribution in [0.1, 0.15) is 74.9 Å². The zero-order valence-electron chi connectivity index (χ0n) is 24.9. The number of amides is 2. The Kier molecular flexibility index (Phi) is 12.9. The standard InChI is InChI=1S/C20H26FN7O2.C5H9F3O.C3H6/c1-13(2)28-19(15(21)9-24-28)20(30)23-10-18-25-16-5-4-14(8-17(16)26-18)11-27(3)7-6-22-12-29;1-4(2,9-3)5(6,7)8;1-2-3-1/h4-5,8-9,12-13H,6-7,10-11H2,1-3H3,(H,22,29)(H,23,30)(H,25,26);1-3H3;1-3H2. The van der Waals surface area contributed by atoms with Crippen LogP contribution in [0.5, 0.6) is 0 Å². The van der Waals surface area contributed by atoms with E-state index in [9.17, 15) is 27.2 Å². The molecule has 2 aromatic heterocycles. The molecule has 0 spiro atoms. The summed E-state index contributed by atoms with van der Waals surface area (Å²) in [6.45, 7) is 7.81. The van der Waals surface area contributed by atoms with Gasteiger partial charge in [-0.1, -0.05) is 25.3 Å². The number of hydrogen-bond acceptors (Lipinski definition) is 6. The minimum atomic E-state index is -4.28. The first kappa shape index (κ1) is 34.7. The van der Waals surface area contributed by atoms with E-state index < -0.39 is 23.5 Å². The summed E-state index contributed by atoms with van der Waals surface area (Å²) in [5.74, 6) is -0.608. The van der Waals surface area contributed by atoms with Gasteiger partial charge in [0.15, 0.2) is 17.1 Å². The molecule has 1 aliphatic carbocycles. The van der Waals surface area contributed by atoms with Gasteiger partial charge in [-0.05, 0) is 52.4 Å². The van der Waals surface area contributed by atoms with Crippen LogP contribution in [0.4, 0.5) is 17.6 Å². The average Bonchev–Trinajstić information content (AvgIpc) is 3.67.